The van der Waals surface area contributed by atoms with E-state index in [1.165, 1.54) is 32.7 Å². The lowest BCUT2D eigenvalue weighted by Crippen LogP contribution is -2.41. The van der Waals surface area contributed by atoms with Gasteiger partial charge in [-0.15, -0.1) is 0 Å². The first-order valence-electron chi connectivity index (χ1n) is 9.79. The number of amides is 2. The monoisotopic (exact) mass is 365 g/mol. The average Bonchev–Trinajstić information content (AvgIpc) is 2.99. The molecule has 28 heavy (non-hydrogen) atoms. The Bertz CT molecular complexity index is 1150. The van der Waals surface area contributed by atoms with Gasteiger partial charge in [0.05, 0.1) is 17.5 Å². The molecule has 0 N–H and O–H groups in total. The summed E-state index contributed by atoms with van der Waals surface area (Å²) >= 11 is 0. The van der Waals surface area contributed by atoms with Crippen LogP contribution in [0.25, 0.3) is 0 Å². The molecule has 2 bridgehead atoms. The Morgan fingerprint density at radius 3 is 1.82 bits per heavy atom. The van der Waals surface area contributed by atoms with Gasteiger partial charge in [-0.1, -0.05) is 66.2 Å². The molecule has 1 saturated heterocycles. The molecule has 1 aliphatic heterocycles. The molecule has 3 aromatic carbocycles. The molecular formula is C25H19NO2. The number of carbonyl (C=O) groups excluding carboxylic acids is 2. The van der Waals surface area contributed by atoms with Crippen LogP contribution in [0.15, 0.2) is 72.8 Å². The second-order valence-corrected chi connectivity index (χ2v) is 8.12. The Labute approximate surface area is 163 Å². The molecule has 4 atom stereocenters. The summed E-state index contributed by atoms with van der Waals surface area (Å²) in [6, 6.07) is 24.2. The van der Waals surface area contributed by atoms with Gasteiger partial charge in [0.1, 0.15) is 0 Å². The second-order valence-electron chi connectivity index (χ2n) is 8.12. The Balaban J connectivity index is 1.60. The maximum Gasteiger partial charge on any atom is 0.238 e. The van der Waals surface area contributed by atoms with Crippen LogP contribution in [0.1, 0.15) is 39.7 Å². The number of anilines is 1. The molecule has 7 rings (SSSR count). The molecule has 3 nitrogen and oxygen atoms in total. The highest BCUT2D eigenvalue weighted by Gasteiger charge is 2.61. The van der Waals surface area contributed by atoms with Crippen molar-refractivity contribution in [1.82, 2.24) is 0 Å². The summed E-state index contributed by atoms with van der Waals surface area (Å²) in [5.74, 6) is -0.849. The molecule has 0 spiro atoms. The number of rotatable bonds is 1. The minimum absolute atomic E-state index is 0.0491. The molecule has 0 aromatic heterocycles. The predicted octanol–water partition coefficient (Wildman–Crippen LogP) is 4.39. The van der Waals surface area contributed by atoms with Crippen LogP contribution in [0.2, 0.25) is 0 Å². The molecule has 3 aliphatic carbocycles. The van der Waals surface area contributed by atoms with Gasteiger partial charge in [-0.25, -0.2) is 4.90 Å². The molecule has 0 saturated carbocycles. The van der Waals surface area contributed by atoms with Gasteiger partial charge in [0.2, 0.25) is 11.8 Å². The van der Waals surface area contributed by atoms with Crippen LogP contribution in [-0.4, -0.2) is 11.8 Å². The topological polar surface area (TPSA) is 37.4 Å². The molecule has 4 aliphatic rings. The van der Waals surface area contributed by atoms with E-state index in [0.29, 0.717) is 5.69 Å². The van der Waals surface area contributed by atoms with Crippen molar-refractivity contribution in [3.63, 3.8) is 0 Å². The average molecular weight is 365 g/mol. The van der Waals surface area contributed by atoms with E-state index in [4.69, 9.17) is 0 Å². The summed E-state index contributed by atoms with van der Waals surface area (Å²) in [6.07, 6.45) is 0. The van der Waals surface area contributed by atoms with Crippen molar-refractivity contribution in [3.8, 4) is 0 Å². The largest absolute Gasteiger partial charge is 0.274 e. The first kappa shape index (κ1) is 15.8. The Hall–Kier alpha value is -3.20. The minimum atomic E-state index is -0.318. The third-order valence-corrected chi connectivity index (χ3v) is 6.71. The number of imide groups is 1. The lowest BCUT2D eigenvalue weighted by atomic mass is 9.55. The highest BCUT2D eigenvalue weighted by Crippen LogP contribution is 2.61. The number of benzene rings is 3. The SMILES string of the molecule is Cc1ccc2c(c1)[C@H]1c3ccccc3[C@H]2[C@@H]2C(=O)N(c3ccccc3)C(=O)[C@H]12. The summed E-state index contributed by atoms with van der Waals surface area (Å²) in [5.41, 5.74) is 6.73. The number of carbonyl (C=O) groups is 2. The quantitative estimate of drug-likeness (QED) is 0.600. The van der Waals surface area contributed by atoms with Gasteiger partial charge in [-0.3, -0.25) is 9.59 Å². The Kier molecular flexibility index (Phi) is 3.06. The first-order valence-corrected chi connectivity index (χ1v) is 9.79. The Morgan fingerprint density at radius 2 is 1.18 bits per heavy atom. The van der Waals surface area contributed by atoms with Crippen LogP contribution in [0, 0.1) is 18.8 Å². The third-order valence-electron chi connectivity index (χ3n) is 6.71. The van der Waals surface area contributed by atoms with Crippen LogP contribution in [0.4, 0.5) is 5.69 Å². The number of hydrogen-bond acceptors (Lipinski definition) is 2. The van der Waals surface area contributed by atoms with E-state index in [2.05, 4.69) is 37.3 Å². The van der Waals surface area contributed by atoms with Crippen molar-refractivity contribution in [1.29, 1.82) is 0 Å². The molecule has 0 radical (unpaired) electrons. The standard InChI is InChI=1S/C25H19NO2/c1-14-11-12-18-19(13-14)21-17-10-6-5-9-16(17)20(18)22-23(21)25(28)26(24(22)27)15-7-3-2-4-8-15/h2-13,20-23H,1H3/t20-,21-,22+,23-/m1/s1. The van der Waals surface area contributed by atoms with E-state index in [0.717, 1.165) is 0 Å². The molecule has 1 heterocycles. The van der Waals surface area contributed by atoms with Gasteiger partial charge in [0.25, 0.3) is 0 Å². The van der Waals surface area contributed by atoms with Gasteiger partial charge in [-0.05, 0) is 41.3 Å². The molecule has 2 amide bonds. The fourth-order valence-corrected chi connectivity index (χ4v) is 5.68. The zero-order valence-corrected chi connectivity index (χ0v) is 15.5. The zero-order valence-electron chi connectivity index (χ0n) is 15.5. The van der Waals surface area contributed by atoms with E-state index < -0.39 is 0 Å². The van der Waals surface area contributed by atoms with E-state index in [1.807, 2.05) is 42.5 Å². The summed E-state index contributed by atoms with van der Waals surface area (Å²) in [6.45, 7) is 2.09. The van der Waals surface area contributed by atoms with Crippen molar-refractivity contribution >= 4 is 17.5 Å². The van der Waals surface area contributed by atoms with Gasteiger partial charge in [0.15, 0.2) is 0 Å². The summed E-state index contributed by atoms with van der Waals surface area (Å²) in [4.78, 5) is 28.5. The lowest BCUT2D eigenvalue weighted by molar-refractivity contribution is -0.122. The maximum atomic E-state index is 13.6. The smallest absolute Gasteiger partial charge is 0.238 e. The third kappa shape index (κ3) is 1.84. The van der Waals surface area contributed by atoms with Crippen LogP contribution in [-0.2, 0) is 9.59 Å². The van der Waals surface area contributed by atoms with E-state index >= 15 is 0 Å². The van der Waals surface area contributed by atoms with Crippen LogP contribution < -0.4 is 4.90 Å². The van der Waals surface area contributed by atoms with Gasteiger partial charge in [-0.2, -0.15) is 0 Å². The lowest BCUT2D eigenvalue weighted by Gasteiger charge is -2.46. The van der Waals surface area contributed by atoms with Crippen LogP contribution in [0.5, 0.6) is 0 Å². The molecule has 3 heteroatoms. The maximum absolute atomic E-state index is 13.6. The minimum Gasteiger partial charge on any atom is -0.274 e. The normalized spacial score (nSPS) is 26.8. The van der Waals surface area contributed by atoms with Crippen molar-refractivity contribution < 1.29 is 9.59 Å². The number of nitrogens with zero attached hydrogens (tertiary/aromatic N) is 1. The van der Waals surface area contributed by atoms with Gasteiger partial charge < -0.3 is 0 Å². The summed E-state index contributed by atoms with van der Waals surface area (Å²) in [5, 5.41) is 0. The molecule has 3 aromatic rings. The number of aryl methyl sites for hydroxylation is 1. The summed E-state index contributed by atoms with van der Waals surface area (Å²) in [7, 11) is 0. The van der Waals surface area contributed by atoms with Gasteiger partial charge >= 0.3 is 0 Å². The molecular weight excluding hydrogens is 346 g/mol. The van der Waals surface area contributed by atoms with Crippen LogP contribution in [0.3, 0.4) is 0 Å². The van der Waals surface area contributed by atoms with Crippen molar-refractivity contribution in [2.24, 2.45) is 11.8 Å². The van der Waals surface area contributed by atoms with Gasteiger partial charge in [0, 0.05) is 11.8 Å². The fourth-order valence-electron chi connectivity index (χ4n) is 5.68. The predicted molar refractivity (Wildman–Crippen MR) is 107 cm³/mol. The summed E-state index contributed by atoms with van der Waals surface area (Å²) < 4.78 is 0. The van der Waals surface area contributed by atoms with E-state index in [-0.39, 0.29) is 35.5 Å². The highest BCUT2D eigenvalue weighted by atomic mass is 16.2. The zero-order chi connectivity index (χ0) is 19.0. The van der Waals surface area contributed by atoms with E-state index in [9.17, 15) is 9.59 Å². The van der Waals surface area contributed by atoms with Crippen molar-refractivity contribution in [3.05, 3.63) is 101 Å². The first-order chi connectivity index (χ1) is 13.7. The van der Waals surface area contributed by atoms with Crippen LogP contribution >= 0.6 is 0 Å². The van der Waals surface area contributed by atoms with Crippen molar-refractivity contribution in [2.45, 2.75) is 18.8 Å². The molecule has 0 unspecified atom stereocenters. The molecule has 136 valence electrons. The van der Waals surface area contributed by atoms with E-state index in [1.54, 1.807) is 0 Å². The second kappa shape index (κ2) is 5.41. The molecule has 1 fully saturated rings. The number of hydrogen-bond donors (Lipinski definition) is 0. The van der Waals surface area contributed by atoms with Crippen molar-refractivity contribution in [2.75, 3.05) is 4.90 Å². The fraction of sp³-hybridized carbons (Fsp3) is 0.200. The Morgan fingerprint density at radius 1 is 0.643 bits per heavy atom. The highest BCUT2D eigenvalue weighted by molar-refractivity contribution is 6.23. The number of para-hydroxylation sites is 1.